The Morgan fingerprint density at radius 3 is 2.52 bits per heavy atom. The topological polar surface area (TPSA) is 102 Å². The number of amides is 1. The van der Waals surface area contributed by atoms with Crippen molar-refractivity contribution in [3.8, 4) is 0 Å². The summed E-state index contributed by atoms with van der Waals surface area (Å²) in [6.45, 7) is 1.47. The monoisotopic (exact) mass is 463 g/mol. The molecule has 1 fully saturated rings. The molecule has 0 unspecified atom stereocenters. The zero-order valence-electron chi connectivity index (χ0n) is 16.7. The van der Waals surface area contributed by atoms with Crippen LogP contribution in [0, 0.1) is 0 Å². The van der Waals surface area contributed by atoms with Gasteiger partial charge in [0.15, 0.2) is 5.58 Å². The first-order chi connectivity index (χ1) is 14.8. The summed E-state index contributed by atoms with van der Waals surface area (Å²) < 4.78 is 33.5. The number of aromatic nitrogens is 1. The maximum absolute atomic E-state index is 12.7. The molecule has 2 heterocycles. The molecule has 1 aliphatic rings. The third kappa shape index (κ3) is 4.68. The van der Waals surface area contributed by atoms with Crippen LogP contribution in [0.3, 0.4) is 0 Å². The summed E-state index contributed by atoms with van der Waals surface area (Å²) in [6, 6.07) is 11.5. The fourth-order valence-corrected chi connectivity index (χ4v) is 5.26. The molecule has 164 valence electrons. The molecule has 1 aliphatic heterocycles. The van der Waals surface area contributed by atoms with Gasteiger partial charge in [-0.25, -0.2) is 13.2 Å². The number of hydrogen-bond acceptors (Lipinski definition) is 5. The van der Waals surface area contributed by atoms with Gasteiger partial charge in [0.25, 0.3) is 0 Å². The van der Waals surface area contributed by atoms with Crippen molar-refractivity contribution in [3.05, 3.63) is 63.6 Å². The average molecular weight is 464 g/mol. The van der Waals surface area contributed by atoms with Crippen molar-refractivity contribution in [3.63, 3.8) is 0 Å². The zero-order valence-corrected chi connectivity index (χ0v) is 18.3. The maximum Gasteiger partial charge on any atom is 0.419 e. The van der Waals surface area contributed by atoms with Crippen LogP contribution in [0.4, 0.5) is 0 Å². The predicted molar refractivity (Wildman–Crippen MR) is 116 cm³/mol. The number of halogens is 1. The number of carbonyl (C=O) groups excluding carboxylic acids is 1. The summed E-state index contributed by atoms with van der Waals surface area (Å²) in [5, 5.41) is 3.42. The van der Waals surface area contributed by atoms with Gasteiger partial charge in [0.1, 0.15) is 0 Å². The molecule has 4 rings (SSSR count). The molecule has 10 heteroatoms. The van der Waals surface area contributed by atoms with Gasteiger partial charge in [-0.05, 0) is 42.7 Å². The first-order valence-electron chi connectivity index (χ1n) is 9.99. The van der Waals surface area contributed by atoms with Gasteiger partial charge in [-0.3, -0.25) is 9.36 Å². The third-order valence-electron chi connectivity index (χ3n) is 5.31. The summed E-state index contributed by atoms with van der Waals surface area (Å²) in [4.78, 5) is 24.6. The number of oxazole rings is 1. The number of benzene rings is 2. The zero-order chi connectivity index (χ0) is 22.0. The van der Waals surface area contributed by atoms with Gasteiger partial charge >= 0.3 is 5.76 Å². The van der Waals surface area contributed by atoms with Crippen molar-refractivity contribution < 1.29 is 17.6 Å². The number of fused-ring (bicyclic) bond motifs is 1. The molecular formula is C21H22ClN3O5S. The van der Waals surface area contributed by atoms with Gasteiger partial charge in [-0.2, -0.15) is 4.31 Å². The SMILES string of the molecule is O=C(CCn1c(=O)oc2cc(S(=O)(=O)N3CCCC3)ccc21)NCc1ccc(Cl)cc1. The Morgan fingerprint density at radius 2 is 1.81 bits per heavy atom. The van der Waals surface area contributed by atoms with Crippen molar-refractivity contribution in [2.24, 2.45) is 0 Å². The van der Waals surface area contributed by atoms with Crippen molar-refractivity contribution in [2.45, 2.75) is 37.2 Å². The highest BCUT2D eigenvalue weighted by atomic mass is 35.5. The first-order valence-corrected chi connectivity index (χ1v) is 11.8. The molecule has 0 spiro atoms. The number of sulfonamides is 1. The summed E-state index contributed by atoms with van der Waals surface area (Å²) in [6.07, 6.45) is 1.76. The predicted octanol–water partition coefficient (Wildman–Crippen LogP) is 2.74. The Labute approximate surface area is 184 Å². The number of nitrogens with one attached hydrogen (secondary N) is 1. The standard InChI is InChI=1S/C21H22ClN3O5S/c22-16-5-3-15(4-6-16)14-23-20(26)9-12-25-18-8-7-17(13-19(18)30-21(25)27)31(28,29)24-10-1-2-11-24/h3-8,13H,1-2,9-12,14H2,(H,23,26). The normalized spacial score (nSPS) is 14.9. The van der Waals surface area contributed by atoms with Gasteiger partial charge in [-0.1, -0.05) is 23.7 Å². The van der Waals surface area contributed by atoms with E-state index >= 15 is 0 Å². The van der Waals surface area contributed by atoms with Gasteiger partial charge in [0.05, 0.1) is 10.4 Å². The maximum atomic E-state index is 12.7. The number of hydrogen-bond donors (Lipinski definition) is 1. The lowest BCUT2D eigenvalue weighted by Crippen LogP contribution is -2.27. The number of rotatable bonds is 7. The highest BCUT2D eigenvalue weighted by molar-refractivity contribution is 7.89. The third-order valence-corrected chi connectivity index (χ3v) is 7.45. The van der Waals surface area contributed by atoms with Crippen LogP contribution in [0.2, 0.25) is 5.02 Å². The minimum Gasteiger partial charge on any atom is -0.408 e. The molecule has 0 radical (unpaired) electrons. The molecule has 1 amide bonds. The van der Waals surface area contributed by atoms with Crippen molar-refractivity contribution in [1.82, 2.24) is 14.2 Å². The molecule has 31 heavy (non-hydrogen) atoms. The first kappa shape index (κ1) is 21.6. The van der Waals surface area contributed by atoms with Gasteiger partial charge in [-0.15, -0.1) is 0 Å². The molecule has 1 saturated heterocycles. The largest absolute Gasteiger partial charge is 0.419 e. The second kappa shape index (κ2) is 8.86. The smallest absolute Gasteiger partial charge is 0.408 e. The second-order valence-corrected chi connectivity index (χ2v) is 9.79. The van der Waals surface area contributed by atoms with Crippen LogP contribution in [0.5, 0.6) is 0 Å². The molecule has 0 atom stereocenters. The van der Waals surface area contributed by atoms with Crippen LogP contribution in [-0.2, 0) is 27.9 Å². The molecule has 0 saturated carbocycles. The fraction of sp³-hybridized carbons (Fsp3) is 0.333. The van der Waals surface area contributed by atoms with Crippen LogP contribution in [0.15, 0.2) is 56.6 Å². The van der Waals surface area contributed by atoms with Crippen LogP contribution in [0.1, 0.15) is 24.8 Å². The van der Waals surface area contributed by atoms with Crippen LogP contribution in [0.25, 0.3) is 11.1 Å². The molecule has 0 bridgehead atoms. The van der Waals surface area contributed by atoms with Crippen molar-refractivity contribution in [1.29, 1.82) is 0 Å². The van der Waals surface area contributed by atoms with E-state index < -0.39 is 15.8 Å². The Balaban J connectivity index is 1.44. The van der Waals surface area contributed by atoms with E-state index in [1.807, 2.05) is 12.1 Å². The Kier molecular flexibility index (Phi) is 6.17. The number of aryl methyl sites for hydroxylation is 1. The fourth-order valence-electron chi connectivity index (χ4n) is 3.60. The van der Waals surface area contributed by atoms with E-state index in [0.29, 0.717) is 30.2 Å². The van der Waals surface area contributed by atoms with Gasteiger partial charge in [0.2, 0.25) is 15.9 Å². The molecule has 1 aromatic heterocycles. The minimum absolute atomic E-state index is 0.0793. The number of carbonyl (C=O) groups is 1. The summed E-state index contributed by atoms with van der Waals surface area (Å²) in [7, 11) is -3.61. The van der Waals surface area contributed by atoms with E-state index in [1.165, 1.54) is 21.0 Å². The molecule has 3 aromatic rings. The van der Waals surface area contributed by atoms with E-state index in [9.17, 15) is 18.0 Å². The minimum atomic E-state index is -3.61. The average Bonchev–Trinajstić information content (AvgIpc) is 3.39. The van der Waals surface area contributed by atoms with Gasteiger partial charge < -0.3 is 9.73 Å². The van der Waals surface area contributed by atoms with Crippen molar-refractivity contribution in [2.75, 3.05) is 13.1 Å². The summed E-state index contributed by atoms with van der Waals surface area (Å²) >= 11 is 5.85. The number of nitrogens with zero attached hydrogens (tertiary/aromatic N) is 2. The highest BCUT2D eigenvalue weighted by Crippen LogP contribution is 2.24. The highest BCUT2D eigenvalue weighted by Gasteiger charge is 2.28. The van der Waals surface area contributed by atoms with Gasteiger partial charge in [0, 0.05) is 43.7 Å². The Hall–Kier alpha value is -2.62. The quantitative estimate of drug-likeness (QED) is 0.580. The molecule has 0 aliphatic carbocycles. The molecular weight excluding hydrogens is 442 g/mol. The summed E-state index contributed by atoms with van der Waals surface area (Å²) in [5.74, 6) is -0.847. The lowest BCUT2D eigenvalue weighted by molar-refractivity contribution is -0.121. The van der Waals surface area contributed by atoms with E-state index in [0.717, 1.165) is 18.4 Å². The van der Waals surface area contributed by atoms with Crippen LogP contribution < -0.4 is 11.1 Å². The van der Waals surface area contributed by atoms with Crippen LogP contribution in [-0.4, -0.2) is 36.3 Å². The molecule has 2 aromatic carbocycles. The Morgan fingerprint density at radius 1 is 1.10 bits per heavy atom. The van der Waals surface area contributed by atoms with E-state index in [4.69, 9.17) is 16.0 Å². The van der Waals surface area contributed by atoms with E-state index in [1.54, 1.807) is 18.2 Å². The van der Waals surface area contributed by atoms with E-state index in [-0.39, 0.29) is 29.4 Å². The van der Waals surface area contributed by atoms with E-state index in [2.05, 4.69) is 5.32 Å². The second-order valence-electron chi connectivity index (χ2n) is 7.41. The molecule has 8 nitrogen and oxygen atoms in total. The lowest BCUT2D eigenvalue weighted by Gasteiger charge is -2.15. The van der Waals surface area contributed by atoms with Crippen LogP contribution >= 0.6 is 11.6 Å². The lowest BCUT2D eigenvalue weighted by atomic mass is 10.2. The molecule has 1 N–H and O–H groups in total. The Bertz CT molecular complexity index is 1260. The van der Waals surface area contributed by atoms with Crippen molar-refractivity contribution >= 4 is 38.6 Å². The summed E-state index contributed by atoms with van der Waals surface area (Å²) in [5.41, 5.74) is 1.55.